The minimum absolute atomic E-state index is 0.252. The van der Waals surface area contributed by atoms with Gasteiger partial charge in [0.25, 0.3) is 0 Å². The molecule has 0 aromatic carbocycles. The molecular formula is C54H114O6Si2. The van der Waals surface area contributed by atoms with Gasteiger partial charge in [-0.05, 0) is 38.5 Å². The van der Waals surface area contributed by atoms with Crippen LogP contribution < -0.4 is 0 Å². The number of hydrogen-bond acceptors (Lipinski definition) is 6. The van der Waals surface area contributed by atoms with Crippen LogP contribution in [0.15, 0.2) is 0 Å². The Kier molecular flexibility index (Phi) is 47.8. The van der Waals surface area contributed by atoms with Gasteiger partial charge in [0, 0.05) is 52.7 Å². The lowest BCUT2D eigenvalue weighted by atomic mass is 10.0. The summed E-state index contributed by atoms with van der Waals surface area (Å²) in [5, 5.41) is 0. The maximum Gasteiger partial charge on any atom is 0.500 e. The highest BCUT2D eigenvalue weighted by Crippen LogP contribution is 2.28. The highest BCUT2D eigenvalue weighted by Gasteiger charge is 2.41. The first kappa shape index (κ1) is 62.2. The molecule has 0 rings (SSSR count). The van der Waals surface area contributed by atoms with E-state index >= 15 is 0 Å². The van der Waals surface area contributed by atoms with Gasteiger partial charge >= 0.3 is 17.6 Å². The predicted molar refractivity (Wildman–Crippen MR) is 276 cm³/mol. The number of hydrogen-bond donors (Lipinski definition) is 0. The van der Waals surface area contributed by atoms with Crippen LogP contribution in [0.2, 0.25) is 12.1 Å². The highest BCUT2D eigenvalue weighted by molar-refractivity contribution is 6.61. The van der Waals surface area contributed by atoms with E-state index in [1.807, 2.05) is 28.4 Å². The molecule has 62 heavy (non-hydrogen) atoms. The van der Waals surface area contributed by atoms with Gasteiger partial charge in [0.05, 0.1) is 0 Å². The summed E-state index contributed by atoms with van der Waals surface area (Å²) >= 11 is 0. The zero-order valence-electron chi connectivity index (χ0n) is 43.7. The molecule has 0 radical (unpaired) electrons. The summed E-state index contributed by atoms with van der Waals surface area (Å²) in [5.74, 6) is 0. The normalized spacial score (nSPS) is 13.4. The standard InChI is InChI=1S/C54H114O6Si2/c1-9-13-17-21-25-29-35-41-47-53(59-61(55-5,56-6)51-45-39-33-27-23-19-15-11-3)49-43-37-31-32-38-44-50-54(48-42-36-30-26-22-18-14-10-2)60-62(57-7,58-8)52-46-40-34-28-24-20-16-12-4/h53-54H,9-52H2,1-8H3. The smallest absolute Gasteiger partial charge is 0.377 e. The molecule has 0 aliphatic rings. The van der Waals surface area contributed by atoms with E-state index in [0.29, 0.717) is 0 Å². The maximum atomic E-state index is 6.97. The molecular weight excluding hydrogens is 801 g/mol. The minimum atomic E-state index is -2.66. The van der Waals surface area contributed by atoms with Gasteiger partial charge in [-0.15, -0.1) is 0 Å². The monoisotopic (exact) mass is 915 g/mol. The molecule has 0 amide bonds. The van der Waals surface area contributed by atoms with Crippen molar-refractivity contribution >= 4 is 17.6 Å². The fraction of sp³-hybridized carbons (Fsp3) is 1.00. The molecule has 0 aromatic rings. The maximum absolute atomic E-state index is 6.97. The van der Waals surface area contributed by atoms with Crippen LogP contribution in [-0.4, -0.2) is 58.3 Å². The Morgan fingerprint density at radius 1 is 0.242 bits per heavy atom. The topological polar surface area (TPSA) is 55.4 Å². The Balaban J connectivity index is 5.08. The summed E-state index contributed by atoms with van der Waals surface area (Å²) < 4.78 is 38.6. The van der Waals surface area contributed by atoms with Crippen LogP contribution in [-0.2, 0) is 26.6 Å². The van der Waals surface area contributed by atoms with Crippen molar-refractivity contribution < 1.29 is 26.6 Å². The van der Waals surface area contributed by atoms with Gasteiger partial charge in [0.1, 0.15) is 0 Å². The van der Waals surface area contributed by atoms with E-state index < -0.39 is 17.6 Å². The average Bonchev–Trinajstić information content (AvgIpc) is 3.29. The van der Waals surface area contributed by atoms with Crippen molar-refractivity contribution in [2.24, 2.45) is 0 Å². The second kappa shape index (κ2) is 47.7. The van der Waals surface area contributed by atoms with Crippen molar-refractivity contribution in [3.8, 4) is 0 Å². The summed E-state index contributed by atoms with van der Waals surface area (Å²) in [6.45, 7) is 9.20. The van der Waals surface area contributed by atoms with Crippen LogP contribution in [0.3, 0.4) is 0 Å². The molecule has 0 spiro atoms. The van der Waals surface area contributed by atoms with E-state index in [1.54, 1.807) is 0 Å². The molecule has 2 atom stereocenters. The van der Waals surface area contributed by atoms with Crippen molar-refractivity contribution in [2.75, 3.05) is 28.4 Å². The lowest BCUT2D eigenvalue weighted by molar-refractivity contribution is 0.0431. The van der Waals surface area contributed by atoms with Gasteiger partial charge < -0.3 is 26.6 Å². The van der Waals surface area contributed by atoms with Crippen LogP contribution in [0.4, 0.5) is 0 Å². The summed E-state index contributed by atoms with van der Waals surface area (Å²) in [5.41, 5.74) is 0. The van der Waals surface area contributed by atoms with Crippen LogP contribution in [0.1, 0.15) is 297 Å². The number of unbranched alkanes of at least 4 members (excludes halogenated alkanes) is 33. The lowest BCUT2D eigenvalue weighted by Gasteiger charge is -2.31. The third-order valence-electron chi connectivity index (χ3n) is 13.7. The summed E-state index contributed by atoms with van der Waals surface area (Å²) in [4.78, 5) is 0. The molecule has 6 nitrogen and oxygen atoms in total. The van der Waals surface area contributed by atoms with Crippen LogP contribution in [0.25, 0.3) is 0 Å². The Morgan fingerprint density at radius 3 is 0.613 bits per heavy atom. The van der Waals surface area contributed by atoms with Crippen molar-refractivity contribution in [1.29, 1.82) is 0 Å². The van der Waals surface area contributed by atoms with Crippen molar-refractivity contribution in [3.63, 3.8) is 0 Å². The zero-order chi connectivity index (χ0) is 45.5. The molecule has 2 unspecified atom stereocenters. The molecule has 0 N–H and O–H groups in total. The van der Waals surface area contributed by atoms with Crippen molar-refractivity contribution in [1.82, 2.24) is 0 Å². The largest absolute Gasteiger partial charge is 0.500 e. The van der Waals surface area contributed by atoms with Gasteiger partial charge in [-0.1, -0.05) is 259 Å². The first-order chi connectivity index (χ1) is 30.4. The van der Waals surface area contributed by atoms with Crippen molar-refractivity contribution in [2.45, 2.75) is 322 Å². The van der Waals surface area contributed by atoms with Gasteiger partial charge in [-0.3, -0.25) is 0 Å². The zero-order valence-corrected chi connectivity index (χ0v) is 45.7. The van der Waals surface area contributed by atoms with Gasteiger partial charge in [-0.25, -0.2) is 0 Å². The molecule has 8 heteroatoms. The van der Waals surface area contributed by atoms with E-state index in [2.05, 4.69) is 27.7 Å². The van der Waals surface area contributed by atoms with E-state index in [-0.39, 0.29) is 12.2 Å². The molecule has 0 heterocycles. The van der Waals surface area contributed by atoms with Gasteiger partial charge in [0.15, 0.2) is 0 Å². The van der Waals surface area contributed by atoms with E-state index in [4.69, 9.17) is 26.6 Å². The van der Waals surface area contributed by atoms with Gasteiger partial charge in [0.2, 0.25) is 0 Å². The summed E-state index contributed by atoms with van der Waals surface area (Å²) in [6.07, 6.45) is 55.3. The molecule has 0 bridgehead atoms. The molecule has 0 aliphatic carbocycles. The third kappa shape index (κ3) is 37.3. The van der Waals surface area contributed by atoms with Crippen LogP contribution in [0.5, 0.6) is 0 Å². The third-order valence-corrected chi connectivity index (χ3v) is 19.5. The second-order valence-electron chi connectivity index (χ2n) is 19.3. The summed E-state index contributed by atoms with van der Waals surface area (Å²) in [6, 6.07) is 1.90. The van der Waals surface area contributed by atoms with E-state index in [9.17, 15) is 0 Å². The Hall–Kier alpha value is 0.194. The van der Waals surface area contributed by atoms with E-state index in [0.717, 1.165) is 50.6 Å². The van der Waals surface area contributed by atoms with Crippen LogP contribution in [0, 0.1) is 0 Å². The van der Waals surface area contributed by atoms with Gasteiger partial charge in [-0.2, -0.15) is 0 Å². The quantitative estimate of drug-likeness (QED) is 0.0448. The highest BCUT2D eigenvalue weighted by atomic mass is 28.4. The minimum Gasteiger partial charge on any atom is -0.377 e. The first-order valence-electron chi connectivity index (χ1n) is 28.0. The second-order valence-corrected chi connectivity index (χ2v) is 25.2. The summed E-state index contributed by atoms with van der Waals surface area (Å²) in [7, 11) is 2.02. The molecule has 0 saturated carbocycles. The molecule has 374 valence electrons. The Morgan fingerprint density at radius 2 is 0.419 bits per heavy atom. The fourth-order valence-electron chi connectivity index (χ4n) is 9.33. The number of rotatable bonds is 53. The molecule has 0 fully saturated rings. The predicted octanol–water partition coefficient (Wildman–Crippen LogP) is 18.7. The van der Waals surface area contributed by atoms with Crippen molar-refractivity contribution in [3.05, 3.63) is 0 Å². The molecule has 0 aromatic heterocycles. The lowest BCUT2D eigenvalue weighted by Crippen LogP contribution is -2.46. The molecule has 0 saturated heterocycles. The SMILES string of the molecule is CCCCCCCCCCC(CCCCCCCCC(CCCCCCCCCC)O[Si](CCCCCCCCCC)(OC)OC)O[Si](CCCCCCCCCC)(OC)OC. The van der Waals surface area contributed by atoms with Crippen LogP contribution >= 0.6 is 0 Å². The Bertz CT molecular complexity index is 789. The Labute approximate surface area is 392 Å². The average molecular weight is 916 g/mol. The first-order valence-corrected chi connectivity index (χ1v) is 31.9. The fourth-order valence-corrected chi connectivity index (χ4v) is 14.0. The van der Waals surface area contributed by atoms with E-state index in [1.165, 1.54) is 231 Å². The molecule has 0 aliphatic heterocycles.